The number of hydrogen-bond acceptors (Lipinski definition) is 4. The van der Waals surface area contributed by atoms with E-state index in [-0.39, 0.29) is 18.0 Å². The minimum absolute atomic E-state index is 0.108. The Kier molecular flexibility index (Phi) is 4.49. The van der Waals surface area contributed by atoms with Gasteiger partial charge < -0.3 is 5.11 Å². The molecule has 0 bridgehead atoms. The summed E-state index contributed by atoms with van der Waals surface area (Å²) in [6.07, 6.45) is 3.31. The Morgan fingerprint density at radius 3 is 2.50 bits per heavy atom. The minimum atomic E-state index is -3.56. The topological polar surface area (TPSA) is 79.3 Å². The van der Waals surface area contributed by atoms with Crippen LogP contribution in [0.3, 0.4) is 0 Å². The molecule has 0 aliphatic heterocycles. The predicted molar refractivity (Wildman–Crippen MR) is 75.4 cm³/mol. The van der Waals surface area contributed by atoms with Gasteiger partial charge in [0.1, 0.15) is 0 Å². The Morgan fingerprint density at radius 2 is 1.90 bits per heavy atom. The summed E-state index contributed by atoms with van der Waals surface area (Å²) in [5.41, 5.74) is 2.49. The molecule has 6 heteroatoms. The Morgan fingerprint density at radius 1 is 1.20 bits per heavy atom. The van der Waals surface area contributed by atoms with Gasteiger partial charge in [-0.1, -0.05) is 12.1 Å². The van der Waals surface area contributed by atoms with Crippen LogP contribution in [0.4, 0.5) is 0 Å². The third-order valence-corrected chi connectivity index (χ3v) is 4.43. The molecule has 0 fully saturated rings. The summed E-state index contributed by atoms with van der Waals surface area (Å²) in [4.78, 5) is 4.16. The number of nitrogens with zero attached hydrogens (tertiary/aromatic N) is 1. The van der Waals surface area contributed by atoms with E-state index in [9.17, 15) is 8.42 Å². The van der Waals surface area contributed by atoms with E-state index in [0.29, 0.717) is 5.56 Å². The highest BCUT2D eigenvalue weighted by atomic mass is 32.2. The van der Waals surface area contributed by atoms with Gasteiger partial charge in [0.15, 0.2) is 0 Å². The number of aliphatic hydroxyl groups is 1. The second-order valence-electron chi connectivity index (χ2n) is 4.43. The summed E-state index contributed by atoms with van der Waals surface area (Å²) < 4.78 is 26.8. The molecule has 0 spiro atoms. The number of aromatic nitrogens is 1. The lowest BCUT2D eigenvalue weighted by Gasteiger charge is -2.08. The summed E-state index contributed by atoms with van der Waals surface area (Å²) in [5.74, 6) is 0. The van der Waals surface area contributed by atoms with Gasteiger partial charge in [0, 0.05) is 18.9 Å². The number of rotatable bonds is 5. The van der Waals surface area contributed by atoms with Crippen LogP contribution in [0.1, 0.15) is 16.7 Å². The largest absolute Gasteiger partial charge is 0.392 e. The van der Waals surface area contributed by atoms with E-state index in [1.54, 1.807) is 24.5 Å². The number of aryl methyl sites for hydroxylation is 1. The molecule has 2 N–H and O–H groups in total. The molecule has 2 aromatic rings. The van der Waals surface area contributed by atoms with Crippen molar-refractivity contribution in [2.45, 2.75) is 25.0 Å². The maximum Gasteiger partial charge on any atom is 0.240 e. The second-order valence-corrected chi connectivity index (χ2v) is 6.20. The van der Waals surface area contributed by atoms with Gasteiger partial charge in [0.2, 0.25) is 10.0 Å². The molecular weight excluding hydrogens is 276 g/mol. The van der Waals surface area contributed by atoms with Crippen molar-refractivity contribution in [3.05, 3.63) is 59.4 Å². The van der Waals surface area contributed by atoms with Crippen LogP contribution < -0.4 is 4.72 Å². The van der Waals surface area contributed by atoms with Crippen molar-refractivity contribution in [3.8, 4) is 0 Å². The lowest BCUT2D eigenvalue weighted by molar-refractivity contribution is 0.282. The van der Waals surface area contributed by atoms with Crippen LogP contribution in [0.25, 0.3) is 0 Å². The van der Waals surface area contributed by atoms with Crippen molar-refractivity contribution in [1.29, 1.82) is 0 Å². The smallest absolute Gasteiger partial charge is 0.240 e. The molecule has 0 saturated carbocycles. The lowest BCUT2D eigenvalue weighted by Crippen LogP contribution is -2.23. The van der Waals surface area contributed by atoms with Gasteiger partial charge in [-0.05, 0) is 41.8 Å². The van der Waals surface area contributed by atoms with Crippen molar-refractivity contribution in [2.24, 2.45) is 0 Å². The molecule has 0 atom stereocenters. The molecule has 106 valence electrons. The summed E-state index contributed by atoms with van der Waals surface area (Å²) >= 11 is 0. The zero-order valence-electron chi connectivity index (χ0n) is 11.1. The molecule has 2 rings (SSSR count). The van der Waals surface area contributed by atoms with Crippen molar-refractivity contribution in [2.75, 3.05) is 0 Å². The fourth-order valence-electron chi connectivity index (χ4n) is 1.71. The molecule has 0 aliphatic carbocycles. The van der Waals surface area contributed by atoms with Crippen molar-refractivity contribution >= 4 is 10.0 Å². The number of sulfonamides is 1. The summed E-state index contributed by atoms with van der Waals surface area (Å²) in [7, 11) is -3.56. The highest BCUT2D eigenvalue weighted by molar-refractivity contribution is 7.89. The van der Waals surface area contributed by atoms with Crippen LogP contribution in [0.2, 0.25) is 0 Å². The highest BCUT2D eigenvalue weighted by Gasteiger charge is 2.13. The quantitative estimate of drug-likeness (QED) is 0.872. The first-order valence-corrected chi connectivity index (χ1v) is 7.60. The number of benzene rings is 1. The molecule has 0 saturated heterocycles. The van der Waals surface area contributed by atoms with E-state index in [0.717, 1.165) is 11.1 Å². The van der Waals surface area contributed by atoms with Gasteiger partial charge in [-0.3, -0.25) is 4.98 Å². The second kappa shape index (κ2) is 6.13. The molecule has 0 aliphatic rings. The number of pyridine rings is 1. The van der Waals surface area contributed by atoms with Crippen LogP contribution >= 0.6 is 0 Å². The van der Waals surface area contributed by atoms with Crippen LogP contribution in [-0.2, 0) is 23.2 Å². The van der Waals surface area contributed by atoms with Crippen LogP contribution in [0.5, 0.6) is 0 Å². The normalized spacial score (nSPS) is 11.5. The summed E-state index contributed by atoms with van der Waals surface area (Å²) in [5, 5.41) is 8.94. The predicted octanol–water partition coefficient (Wildman–Crippen LogP) is 1.36. The molecule has 0 amide bonds. The molecule has 0 unspecified atom stereocenters. The third kappa shape index (κ3) is 3.41. The molecular formula is C14H16N2O3S. The Hall–Kier alpha value is -1.76. The SMILES string of the molecule is Cc1ccncc1CNS(=O)(=O)c1ccc(CO)cc1. The van der Waals surface area contributed by atoms with E-state index < -0.39 is 10.0 Å². The van der Waals surface area contributed by atoms with Crippen LogP contribution in [0.15, 0.2) is 47.6 Å². The van der Waals surface area contributed by atoms with E-state index in [1.165, 1.54) is 12.1 Å². The first-order valence-electron chi connectivity index (χ1n) is 6.12. The molecule has 1 heterocycles. The van der Waals surface area contributed by atoms with E-state index in [2.05, 4.69) is 9.71 Å². The van der Waals surface area contributed by atoms with Crippen LogP contribution in [-0.4, -0.2) is 18.5 Å². The van der Waals surface area contributed by atoms with Gasteiger partial charge in [0.05, 0.1) is 11.5 Å². The minimum Gasteiger partial charge on any atom is -0.392 e. The van der Waals surface area contributed by atoms with Gasteiger partial charge >= 0.3 is 0 Å². The van der Waals surface area contributed by atoms with Crippen molar-refractivity contribution < 1.29 is 13.5 Å². The zero-order valence-corrected chi connectivity index (χ0v) is 11.9. The zero-order chi connectivity index (χ0) is 14.6. The first-order chi connectivity index (χ1) is 9.53. The van der Waals surface area contributed by atoms with E-state index in [4.69, 9.17) is 5.11 Å². The van der Waals surface area contributed by atoms with Gasteiger partial charge in [-0.25, -0.2) is 13.1 Å². The number of nitrogens with one attached hydrogen (secondary N) is 1. The van der Waals surface area contributed by atoms with Crippen molar-refractivity contribution in [1.82, 2.24) is 9.71 Å². The number of aliphatic hydroxyl groups excluding tert-OH is 1. The maximum absolute atomic E-state index is 12.1. The van der Waals surface area contributed by atoms with Gasteiger partial charge in [-0.2, -0.15) is 0 Å². The molecule has 20 heavy (non-hydrogen) atoms. The Balaban J connectivity index is 2.13. The molecule has 0 radical (unpaired) electrons. The molecule has 1 aromatic carbocycles. The fourth-order valence-corrected chi connectivity index (χ4v) is 2.72. The molecule has 5 nitrogen and oxygen atoms in total. The summed E-state index contributed by atoms with van der Waals surface area (Å²) in [6, 6.07) is 7.96. The Labute approximate surface area is 118 Å². The maximum atomic E-state index is 12.1. The van der Waals surface area contributed by atoms with E-state index >= 15 is 0 Å². The number of hydrogen-bond donors (Lipinski definition) is 2. The average molecular weight is 292 g/mol. The Bertz CT molecular complexity index is 682. The fraction of sp³-hybridized carbons (Fsp3) is 0.214. The third-order valence-electron chi connectivity index (χ3n) is 3.02. The first kappa shape index (κ1) is 14.6. The van der Waals surface area contributed by atoms with E-state index in [1.807, 2.05) is 13.0 Å². The van der Waals surface area contributed by atoms with Crippen LogP contribution in [0, 0.1) is 6.92 Å². The monoisotopic (exact) mass is 292 g/mol. The van der Waals surface area contributed by atoms with Gasteiger partial charge in [0.25, 0.3) is 0 Å². The molecule has 1 aromatic heterocycles. The van der Waals surface area contributed by atoms with Gasteiger partial charge in [-0.15, -0.1) is 0 Å². The van der Waals surface area contributed by atoms with Crippen molar-refractivity contribution in [3.63, 3.8) is 0 Å². The lowest BCUT2D eigenvalue weighted by atomic mass is 10.2. The summed E-state index contributed by atoms with van der Waals surface area (Å²) in [6.45, 7) is 1.99. The highest BCUT2D eigenvalue weighted by Crippen LogP contribution is 2.12. The average Bonchev–Trinajstić information content (AvgIpc) is 2.46. The standard InChI is InChI=1S/C14H16N2O3S/c1-11-6-7-15-8-13(11)9-16-20(18,19)14-4-2-12(10-17)3-5-14/h2-8,16-17H,9-10H2,1H3.